The zero-order valence-corrected chi connectivity index (χ0v) is 23.0. The molecular formula is C22H29ClN3O8PS. The lowest BCUT2D eigenvalue weighted by atomic mass is 10.2. The van der Waals surface area contributed by atoms with Crippen LogP contribution in [0.2, 0.25) is 5.02 Å². The number of amides is 2. The monoisotopic (exact) mass is 561 g/mol. The first-order chi connectivity index (χ1) is 17.2. The summed E-state index contributed by atoms with van der Waals surface area (Å²) >= 11 is 6.83. The molecule has 0 atom stereocenters. The van der Waals surface area contributed by atoms with Gasteiger partial charge in [0, 0.05) is 11.6 Å². The molecule has 2 amide bonds. The van der Waals surface area contributed by atoms with E-state index >= 15 is 0 Å². The number of benzene rings is 2. The maximum atomic E-state index is 12.1. The topological polar surface area (TPSA) is 116 Å². The smallest absolute Gasteiger partial charge is 0.278 e. The van der Waals surface area contributed by atoms with Gasteiger partial charge in [0.05, 0.1) is 14.2 Å². The van der Waals surface area contributed by atoms with Gasteiger partial charge in [-0.1, -0.05) is 59.1 Å². The second-order valence-corrected chi connectivity index (χ2v) is 10.00. The Hall–Kier alpha value is -2.12. The average molecular weight is 562 g/mol. The van der Waals surface area contributed by atoms with E-state index in [0.717, 1.165) is 36.6 Å². The van der Waals surface area contributed by atoms with Crippen LogP contribution in [0.3, 0.4) is 0 Å². The van der Waals surface area contributed by atoms with Gasteiger partial charge in [0.15, 0.2) is 5.17 Å². The summed E-state index contributed by atoms with van der Waals surface area (Å²) < 4.78 is 27.5. The predicted octanol–water partition coefficient (Wildman–Crippen LogP) is 4.93. The summed E-state index contributed by atoms with van der Waals surface area (Å²) in [7, 11) is -0.390. The van der Waals surface area contributed by atoms with Crippen molar-refractivity contribution < 1.29 is 37.8 Å². The standard InChI is InChI=1S/C14H19ClN3O8PS.C8H10/c1-17(8-12-4-6-13(15)7-5-12)28-14(16-9-19)18(10-20)11-24-27(21,25-22-2)26-23-3;1-7-3-5-8(2)6-4-7/h4-7,9-10H,8,11H2,1-3H3;3-6H,1-2H3. The lowest BCUT2D eigenvalue weighted by molar-refractivity contribution is -0.260. The lowest BCUT2D eigenvalue weighted by Crippen LogP contribution is -2.32. The van der Waals surface area contributed by atoms with E-state index in [1.165, 1.54) is 11.1 Å². The number of nitrogens with zero attached hydrogens (tertiary/aromatic N) is 3. The minimum Gasteiger partial charge on any atom is -0.278 e. The van der Waals surface area contributed by atoms with Gasteiger partial charge in [-0.25, -0.2) is 18.6 Å². The highest BCUT2D eigenvalue weighted by atomic mass is 35.5. The number of hydrogen-bond acceptors (Lipinski definition) is 10. The Morgan fingerprint density at radius 1 is 1.00 bits per heavy atom. The number of rotatable bonds is 12. The molecule has 0 aliphatic carbocycles. The molecule has 2 rings (SSSR count). The van der Waals surface area contributed by atoms with E-state index in [9.17, 15) is 14.2 Å². The highest BCUT2D eigenvalue weighted by Gasteiger charge is 2.31. The molecule has 2 aromatic rings. The van der Waals surface area contributed by atoms with Crippen LogP contribution in [0.15, 0.2) is 53.5 Å². The largest absolute Gasteiger partial charge is 0.531 e. The van der Waals surface area contributed by atoms with Crippen molar-refractivity contribution in [2.75, 3.05) is 28.0 Å². The van der Waals surface area contributed by atoms with Crippen LogP contribution < -0.4 is 0 Å². The fraction of sp³-hybridized carbons (Fsp3) is 0.318. The normalized spacial score (nSPS) is 11.6. The minimum absolute atomic E-state index is 0.0390. The fourth-order valence-corrected chi connectivity index (χ4v) is 4.00. The number of amidine groups is 1. The summed E-state index contributed by atoms with van der Waals surface area (Å²) in [4.78, 5) is 35.3. The molecule has 11 nitrogen and oxygen atoms in total. The van der Waals surface area contributed by atoms with Crippen LogP contribution in [0.1, 0.15) is 16.7 Å². The molecule has 2 aromatic carbocycles. The van der Waals surface area contributed by atoms with Crippen molar-refractivity contribution in [3.63, 3.8) is 0 Å². The first-order valence-electron chi connectivity index (χ1n) is 10.3. The van der Waals surface area contributed by atoms with Crippen LogP contribution in [0.25, 0.3) is 0 Å². The first kappa shape index (κ1) is 31.9. The molecule has 0 aromatic heterocycles. The number of phosphoric acid groups is 1. The van der Waals surface area contributed by atoms with Crippen LogP contribution in [-0.4, -0.2) is 55.2 Å². The van der Waals surface area contributed by atoms with Crippen LogP contribution in [0.5, 0.6) is 0 Å². The van der Waals surface area contributed by atoms with Gasteiger partial charge in [-0.3, -0.25) is 19.0 Å². The number of aliphatic imine (C=N–C) groups is 1. The number of halogens is 1. The van der Waals surface area contributed by atoms with E-state index in [0.29, 0.717) is 18.0 Å². The highest BCUT2D eigenvalue weighted by molar-refractivity contribution is 8.11. The van der Waals surface area contributed by atoms with Crippen LogP contribution in [-0.2, 0) is 44.3 Å². The summed E-state index contributed by atoms with van der Waals surface area (Å²) in [5, 5.41) is 0.565. The van der Waals surface area contributed by atoms with Gasteiger partial charge in [0.1, 0.15) is 6.73 Å². The zero-order valence-electron chi connectivity index (χ0n) is 20.5. The summed E-state index contributed by atoms with van der Waals surface area (Å²) in [5.74, 6) is 0. The Morgan fingerprint density at radius 3 is 1.97 bits per heavy atom. The van der Waals surface area contributed by atoms with Crippen molar-refractivity contribution >= 4 is 49.4 Å². The van der Waals surface area contributed by atoms with Crippen LogP contribution in [0.4, 0.5) is 0 Å². The second-order valence-electron chi connectivity index (χ2n) is 6.94. The SMILES string of the molecule is COOP(=O)(OCN(C=O)C(=NC=O)SN(C)Cc1ccc(Cl)cc1)OOC.Cc1ccc(C)cc1. The first-order valence-corrected chi connectivity index (χ1v) is 12.9. The third-order valence-corrected chi connectivity index (χ3v) is 6.29. The molecule has 0 heterocycles. The van der Waals surface area contributed by atoms with Gasteiger partial charge >= 0.3 is 7.82 Å². The van der Waals surface area contributed by atoms with Crippen LogP contribution >= 0.6 is 31.4 Å². The van der Waals surface area contributed by atoms with Gasteiger partial charge < -0.3 is 0 Å². The molecule has 0 saturated carbocycles. The van der Waals surface area contributed by atoms with Crippen molar-refractivity contribution in [3.8, 4) is 0 Å². The third-order valence-electron chi connectivity index (χ3n) is 4.00. The molecule has 0 unspecified atom stereocenters. The van der Waals surface area contributed by atoms with E-state index in [1.54, 1.807) is 23.5 Å². The highest BCUT2D eigenvalue weighted by Crippen LogP contribution is 2.49. The summed E-state index contributed by atoms with van der Waals surface area (Å²) in [6.45, 7) is 4.02. The van der Waals surface area contributed by atoms with E-state index in [-0.39, 0.29) is 11.6 Å². The number of carbonyl (C=O) groups excluding carboxylic acids is 2. The predicted molar refractivity (Wildman–Crippen MR) is 138 cm³/mol. The Morgan fingerprint density at radius 2 is 1.53 bits per heavy atom. The molecule has 36 heavy (non-hydrogen) atoms. The second kappa shape index (κ2) is 17.4. The lowest BCUT2D eigenvalue weighted by Gasteiger charge is -2.23. The summed E-state index contributed by atoms with van der Waals surface area (Å²) in [6.07, 6.45) is 0.585. The molecule has 198 valence electrons. The molecule has 0 aliphatic heterocycles. The summed E-state index contributed by atoms with van der Waals surface area (Å²) in [6, 6.07) is 15.6. The average Bonchev–Trinajstić information content (AvgIpc) is 2.83. The van der Waals surface area contributed by atoms with Gasteiger partial charge in [-0.2, -0.15) is 4.99 Å². The molecule has 14 heteroatoms. The Bertz CT molecular complexity index is 980. The number of aryl methyl sites for hydroxylation is 2. The van der Waals surface area contributed by atoms with Crippen molar-refractivity contribution in [1.29, 1.82) is 0 Å². The number of carbonyl (C=O) groups is 2. The molecular weight excluding hydrogens is 533 g/mol. The van der Waals surface area contributed by atoms with Gasteiger partial charge in [0.2, 0.25) is 12.8 Å². The van der Waals surface area contributed by atoms with Gasteiger partial charge in [-0.15, -0.1) is 9.35 Å². The quantitative estimate of drug-likeness (QED) is 0.0516. The molecule has 0 radical (unpaired) electrons. The molecule has 0 saturated heterocycles. The van der Waals surface area contributed by atoms with E-state index < -0.39 is 14.6 Å². The van der Waals surface area contributed by atoms with Crippen molar-refractivity contribution in [2.45, 2.75) is 20.4 Å². The number of hydrogen-bond donors (Lipinski definition) is 0. The molecule has 0 aliphatic rings. The fourth-order valence-electron chi connectivity index (χ4n) is 2.35. The van der Waals surface area contributed by atoms with E-state index in [1.807, 2.05) is 12.1 Å². The van der Waals surface area contributed by atoms with Crippen LogP contribution in [0, 0.1) is 13.8 Å². The minimum atomic E-state index is -4.26. The van der Waals surface area contributed by atoms with Gasteiger partial charge in [0.25, 0.3) is 0 Å². The van der Waals surface area contributed by atoms with Crippen molar-refractivity contribution in [2.24, 2.45) is 4.99 Å². The van der Waals surface area contributed by atoms with Gasteiger partial charge in [-0.05, 0) is 50.5 Å². The van der Waals surface area contributed by atoms with E-state index in [2.05, 4.69) is 62.2 Å². The Kier molecular flexibility index (Phi) is 15.4. The molecule has 0 fully saturated rings. The maximum absolute atomic E-state index is 12.1. The third kappa shape index (κ3) is 12.7. The van der Waals surface area contributed by atoms with E-state index in [4.69, 9.17) is 16.1 Å². The summed E-state index contributed by atoms with van der Waals surface area (Å²) in [5.41, 5.74) is 3.59. The maximum Gasteiger partial charge on any atom is 0.531 e. The van der Waals surface area contributed by atoms with Crippen molar-refractivity contribution in [1.82, 2.24) is 9.21 Å². The van der Waals surface area contributed by atoms with Crippen molar-refractivity contribution in [3.05, 3.63) is 70.2 Å². The Labute approximate surface area is 219 Å². The Balaban J connectivity index is 0.000000681. The molecule has 0 spiro atoms. The zero-order chi connectivity index (χ0) is 27.0. The molecule has 0 N–H and O–H groups in total. The molecule has 0 bridgehead atoms.